The molecule has 4 aromatic rings. The van der Waals surface area contributed by atoms with E-state index in [1.807, 2.05) is 36.4 Å². The molecule has 0 unspecified atom stereocenters. The molecule has 0 saturated heterocycles. The molecule has 0 bridgehead atoms. The molecular formula is C24H21NO. The number of aromatic nitrogens is 1. The molecule has 0 atom stereocenters. The van der Waals surface area contributed by atoms with Gasteiger partial charge in [-0.05, 0) is 47.4 Å². The van der Waals surface area contributed by atoms with Crippen molar-refractivity contribution in [1.29, 1.82) is 0 Å². The Balaban J connectivity index is 1.46. The van der Waals surface area contributed by atoms with Crippen LogP contribution in [0.3, 0.4) is 0 Å². The van der Waals surface area contributed by atoms with Gasteiger partial charge in [-0.3, -0.25) is 0 Å². The highest BCUT2D eigenvalue weighted by Gasteiger charge is 2.02. The van der Waals surface area contributed by atoms with Crippen molar-refractivity contribution in [3.63, 3.8) is 0 Å². The number of ether oxygens (including phenoxy) is 1. The molecule has 0 radical (unpaired) electrons. The summed E-state index contributed by atoms with van der Waals surface area (Å²) in [5.41, 5.74) is 5.73. The summed E-state index contributed by atoms with van der Waals surface area (Å²) >= 11 is 0. The fourth-order valence-electron chi connectivity index (χ4n) is 3.06. The molecule has 0 aliphatic carbocycles. The molecule has 0 amide bonds. The van der Waals surface area contributed by atoms with Crippen molar-refractivity contribution < 1.29 is 4.74 Å². The Hall–Kier alpha value is -3.13. The first-order valence-electron chi connectivity index (χ1n) is 8.98. The smallest absolute Gasteiger partial charge is 0.130 e. The molecule has 0 aliphatic rings. The number of pyridine rings is 1. The van der Waals surface area contributed by atoms with Crippen molar-refractivity contribution in [2.75, 3.05) is 0 Å². The number of rotatable bonds is 5. The molecule has 4 rings (SSSR count). The van der Waals surface area contributed by atoms with Crippen molar-refractivity contribution in [2.24, 2.45) is 0 Å². The maximum atomic E-state index is 5.91. The Labute approximate surface area is 154 Å². The number of fused-ring (bicyclic) bond motifs is 1. The zero-order valence-corrected chi connectivity index (χ0v) is 14.9. The van der Waals surface area contributed by atoms with E-state index < -0.39 is 0 Å². The van der Waals surface area contributed by atoms with Crippen LogP contribution in [0.25, 0.3) is 22.0 Å². The molecule has 0 saturated carbocycles. The number of aryl methyl sites for hydroxylation is 1. The van der Waals surface area contributed by atoms with E-state index in [4.69, 9.17) is 4.74 Å². The minimum atomic E-state index is 0.468. The van der Waals surface area contributed by atoms with E-state index in [2.05, 4.69) is 60.4 Å². The Morgan fingerprint density at radius 3 is 2.46 bits per heavy atom. The van der Waals surface area contributed by atoms with Gasteiger partial charge in [0.15, 0.2) is 0 Å². The molecule has 0 spiro atoms. The second-order valence-corrected chi connectivity index (χ2v) is 6.36. The summed E-state index contributed by atoms with van der Waals surface area (Å²) in [4.78, 5) is 4.65. The fraction of sp³-hybridized carbons (Fsp3) is 0.125. The van der Waals surface area contributed by atoms with Gasteiger partial charge in [0, 0.05) is 5.39 Å². The minimum absolute atomic E-state index is 0.468. The van der Waals surface area contributed by atoms with Crippen LogP contribution >= 0.6 is 0 Å². The van der Waals surface area contributed by atoms with Gasteiger partial charge in [-0.25, -0.2) is 4.98 Å². The van der Waals surface area contributed by atoms with Crippen LogP contribution in [0.2, 0.25) is 0 Å². The maximum Gasteiger partial charge on any atom is 0.130 e. The third kappa shape index (κ3) is 3.60. The molecule has 0 aliphatic heterocycles. The highest BCUT2D eigenvalue weighted by molar-refractivity contribution is 5.78. The van der Waals surface area contributed by atoms with Gasteiger partial charge < -0.3 is 4.74 Å². The normalized spacial score (nSPS) is 10.8. The molecule has 128 valence electrons. The average Bonchev–Trinajstić information content (AvgIpc) is 2.72. The van der Waals surface area contributed by atoms with Gasteiger partial charge in [0.2, 0.25) is 0 Å². The molecule has 0 fully saturated rings. The highest BCUT2D eigenvalue weighted by atomic mass is 16.5. The topological polar surface area (TPSA) is 22.1 Å². The van der Waals surface area contributed by atoms with Crippen LogP contribution in [-0.2, 0) is 13.0 Å². The lowest BCUT2D eigenvalue weighted by molar-refractivity contribution is 0.302. The van der Waals surface area contributed by atoms with Crippen LogP contribution in [0.15, 0.2) is 84.9 Å². The van der Waals surface area contributed by atoms with E-state index in [-0.39, 0.29) is 0 Å². The lowest BCUT2D eigenvalue weighted by Gasteiger charge is -2.08. The zero-order valence-electron chi connectivity index (χ0n) is 14.9. The van der Waals surface area contributed by atoms with Crippen molar-refractivity contribution in [3.8, 4) is 16.9 Å². The summed E-state index contributed by atoms with van der Waals surface area (Å²) in [6.45, 7) is 2.65. The molecule has 2 heteroatoms. The molecule has 26 heavy (non-hydrogen) atoms. The first-order chi connectivity index (χ1) is 12.8. The van der Waals surface area contributed by atoms with Gasteiger partial charge in [-0.1, -0.05) is 67.6 Å². The molecule has 2 nitrogen and oxygen atoms in total. The lowest BCUT2D eigenvalue weighted by atomic mass is 10.0. The Morgan fingerprint density at radius 2 is 1.62 bits per heavy atom. The van der Waals surface area contributed by atoms with Crippen LogP contribution in [0.4, 0.5) is 0 Å². The number of benzene rings is 3. The molecular weight excluding hydrogens is 318 g/mol. The summed E-state index contributed by atoms with van der Waals surface area (Å²) in [6.07, 6.45) is 1.05. The van der Waals surface area contributed by atoms with Crippen LogP contribution in [0.1, 0.15) is 18.2 Å². The third-order valence-electron chi connectivity index (χ3n) is 4.57. The number of hydrogen-bond donors (Lipinski definition) is 0. The van der Waals surface area contributed by atoms with E-state index >= 15 is 0 Å². The predicted octanol–water partition coefficient (Wildman–Crippen LogP) is 6.04. The lowest BCUT2D eigenvalue weighted by Crippen LogP contribution is -1.98. The van der Waals surface area contributed by atoms with E-state index in [1.165, 1.54) is 16.7 Å². The maximum absolute atomic E-state index is 5.91. The summed E-state index contributed by atoms with van der Waals surface area (Å²) < 4.78 is 5.91. The van der Waals surface area contributed by atoms with Crippen molar-refractivity contribution in [1.82, 2.24) is 4.98 Å². The van der Waals surface area contributed by atoms with Gasteiger partial charge in [-0.15, -0.1) is 0 Å². The van der Waals surface area contributed by atoms with Gasteiger partial charge in [0.25, 0.3) is 0 Å². The van der Waals surface area contributed by atoms with E-state index in [1.54, 1.807) is 0 Å². The van der Waals surface area contributed by atoms with E-state index in [9.17, 15) is 0 Å². The van der Waals surface area contributed by atoms with E-state index in [0.717, 1.165) is 28.8 Å². The van der Waals surface area contributed by atoms with Gasteiger partial charge in [0.05, 0.1) is 11.2 Å². The monoisotopic (exact) mass is 339 g/mol. The predicted molar refractivity (Wildman–Crippen MR) is 107 cm³/mol. The minimum Gasteiger partial charge on any atom is -0.487 e. The van der Waals surface area contributed by atoms with Crippen LogP contribution < -0.4 is 4.74 Å². The van der Waals surface area contributed by atoms with Gasteiger partial charge in [-0.2, -0.15) is 0 Å². The summed E-state index contributed by atoms with van der Waals surface area (Å²) in [6, 6.07) is 29.2. The number of para-hydroxylation sites is 1. The first-order valence-corrected chi connectivity index (χ1v) is 8.98. The standard InChI is InChI=1S/C24H21NO/c1-2-18-6-5-8-21(16-18)19-11-14-23(15-12-19)26-17-22-13-10-20-7-3-4-9-24(20)25-22/h3-16H,2,17H2,1H3. The fourth-order valence-corrected chi connectivity index (χ4v) is 3.06. The number of hydrogen-bond acceptors (Lipinski definition) is 2. The Kier molecular flexibility index (Phi) is 4.65. The second-order valence-electron chi connectivity index (χ2n) is 6.36. The average molecular weight is 339 g/mol. The Bertz CT molecular complexity index is 1020. The molecule has 1 aromatic heterocycles. The first kappa shape index (κ1) is 16.3. The number of nitrogens with zero attached hydrogens (tertiary/aromatic N) is 1. The molecule has 3 aromatic carbocycles. The summed E-state index contributed by atoms with van der Waals surface area (Å²) in [7, 11) is 0. The third-order valence-corrected chi connectivity index (χ3v) is 4.57. The molecule has 0 N–H and O–H groups in total. The SMILES string of the molecule is CCc1cccc(-c2ccc(OCc3ccc4ccccc4n3)cc2)c1. The van der Waals surface area contributed by atoms with Crippen molar-refractivity contribution >= 4 is 10.9 Å². The van der Waals surface area contributed by atoms with Crippen LogP contribution in [0, 0.1) is 0 Å². The van der Waals surface area contributed by atoms with Crippen molar-refractivity contribution in [3.05, 3.63) is 96.2 Å². The Morgan fingerprint density at radius 1 is 0.769 bits per heavy atom. The van der Waals surface area contributed by atoms with Gasteiger partial charge in [0.1, 0.15) is 12.4 Å². The van der Waals surface area contributed by atoms with Crippen LogP contribution in [-0.4, -0.2) is 4.98 Å². The van der Waals surface area contributed by atoms with Gasteiger partial charge >= 0.3 is 0 Å². The molecule has 1 heterocycles. The zero-order chi connectivity index (χ0) is 17.8. The quantitative estimate of drug-likeness (QED) is 0.442. The summed E-state index contributed by atoms with van der Waals surface area (Å²) in [5, 5.41) is 1.15. The van der Waals surface area contributed by atoms with Crippen molar-refractivity contribution in [2.45, 2.75) is 20.0 Å². The largest absolute Gasteiger partial charge is 0.487 e. The van der Waals surface area contributed by atoms with E-state index in [0.29, 0.717) is 6.61 Å². The van der Waals surface area contributed by atoms with Crippen LogP contribution in [0.5, 0.6) is 5.75 Å². The summed E-state index contributed by atoms with van der Waals surface area (Å²) in [5.74, 6) is 0.857. The highest BCUT2D eigenvalue weighted by Crippen LogP contribution is 2.24. The second kappa shape index (κ2) is 7.40.